The van der Waals surface area contributed by atoms with Crippen molar-refractivity contribution < 1.29 is 17.9 Å². The Bertz CT molecular complexity index is 906. The number of ether oxygens (including phenoxy) is 1. The lowest BCUT2D eigenvalue weighted by molar-refractivity contribution is -0.123. The van der Waals surface area contributed by atoms with E-state index in [0.717, 1.165) is 22.3 Å². The number of carbonyl (C=O) groups is 1. The van der Waals surface area contributed by atoms with Crippen molar-refractivity contribution in [3.05, 3.63) is 58.7 Å². The summed E-state index contributed by atoms with van der Waals surface area (Å²) in [5, 5.41) is 2.65. The molecule has 0 saturated carbocycles. The minimum Gasteiger partial charge on any atom is -0.483 e. The Morgan fingerprint density at radius 1 is 0.926 bits per heavy atom. The molecule has 0 aromatic heterocycles. The molecule has 1 amide bonds. The summed E-state index contributed by atoms with van der Waals surface area (Å²) in [6.07, 6.45) is 0. The van der Waals surface area contributed by atoms with Gasteiger partial charge in [-0.2, -0.15) is 0 Å². The fourth-order valence-electron chi connectivity index (χ4n) is 2.52. The van der Waals surface area contributed by atoms with Crippen LogP contribution in [0.2, 0.25) is 0 Å². The number of nitrogens with one attached hydrogen (secondary N) is 2. The van der Waals surface area contributed by atoms with E-state index in [1.165, 1.54) is 0 Å². The van der Waals surface area contributed by atoms with Crippen molar-refractivity contribution in [3.8, 4) is 5.75 Å². The van der Waals surface area contributed by atoms with Gasteiger partial charge in [-0.1, -0.05) is 29.8 Å². The van der Waals surface area contributed by atoms with E-state index in [1.807, 2.05) is 39.8 Å². The van der Waals surface area contributed by atoms with Gasteiger partial charge in [0, 0.05) is 13.1 Å². The first kappa shape index (κ1) is 20.9. The highest BCUT2D eigenvalue weighted by atomic mass is 32.2. The fourth-order valence-corrected chi connectivity index (χ4v) is 3.56. The molecule has 0 radical (unpaired) electrons. The van der Waals surface area contributed by atoms with E-state index in [2.05, 4.69) is 10.0 Å². The predicted octanol–water partition coefficient (Wildman–Crippen LogP) is 2.39. The van der Waals surface area contributed by atoms with Crippen LogP contribution in [0, 0.1) is 27.7 Å². The van der Waals surface area contributed by atoms with Crippen LogP contribution in [0.25, 0.3) is 0 Å². The maximum Gasteiger partial charge on any atom is 0.257 e. The summed E-state index contributed by atoms with van der Waals surface area (Å²) in [7, 11) is -3.58. The van der Waals surface area contributed by atoms with E-state index in [-0.39, 0.29) is 30.5 Å². The predicted molar refractivity (Wildman–Crippen MR) is 106 cm³/mol. The van der Waals surface area contributed by atoms with E-state index in [1.54, 1.807) is 24.3 Å². The third-order valence-electron chi connectivity index (χ3n) is 4.29. The number of carbonyl (C=O) groups excluding carboxylic acids is 1. The molecule has 0 bridgehead atoms. The van der Waals surface area contributed by atoms with Gasteiger partial charge in [-0.3, -0.25) is 4.79 Å². The molecule has 2 rings (SSSR count). The lowest BCUT2D eigenvalue weighted by atomic mass is 10.1. The zero-order valence-electron chi connectivity index (χ0n) is 16.1. The van der Waals surface area contributed by atoms with Crippen molar-refractivity contribution >= 4 is 15.9 Å². The molecule has 0 heterocycles. The normalized spacial score (nSPS) is 11.3. The summed E-state index contributed by atoms with van der Waals surface area (Å²) in [5.74, 6) is 0.412. The van der Waals surface area contributed by atoms with Crippen LogP contribution < -0.4 is 14.8 Å². The lowest BCUT2D eigenvalue weighted by Gasteiger charge is -2.14. The zero-order chi connectivity index (χ0) is 20.0. The van der Waals surface area contributed by atoms with Crippen molar-refractivity contribution in [3.63, 3.8) is 0 Å². The van der Waals surface area contributed by atoms with Crippen LogP contribution in [0.3, 0.4) is 0 Å². The van der Waals surface area contributed by atoms with Crippen molar-refractivity contribution in [1.29, 1.82) is 0 Å². The molecule has 2 aromatic rings. The number of benzene rings is 2. The monoisotopic (exact) mass is 390 g/mol. The number of aryl methyl sites for hydroxylation is 3. The van der Waals surface area contributed by atoms with Crippen LogP contribution in [0.15, 0.2) is 41.3 Å². The van der Waals surface area contributed by atoms with E-state index < -0.39 is 10.0 Å². The number of rotatable bonds is 8. The van der Waals surface area contributed by atoms with Gasteiger partial charge < -0.3 is 10.1 Å². The topological polar surface area (TPSA) is 84.5 Å². The van der Waals surface area contributed by atoms with Crippen LogP contribution in [-0.2, 0) is 14.8 Å². The summed E-state index contributed by atoms with van der Waals surface area (Å²) >= 11 is 0. The molecule has 27 heavy (non-hydrogen) atoms. The van der Waals surface area contributed by atoms with Gasteiger partial charge in [-0.15, -0.1) is 0 Å². The molecule has 0 saturated heterocycles. The van der Waals surface area contributed by atoms with Crippen LogP contribution >= 0.6 is 0 Å². The van der Waals surface area contributed by atoms with Gasteiger partial charge >= 0.3 is 0 Å². The molecular weight excluding hydrogens is 364 g/mol. The number of hydrogen-bond acceptors (Lipinski definition) is 4. The average molecular weight is 391 g/mol. The Kier molecular flexibility index (Phi) is 6.98. The molecule has 0 aliphatic rings. The van der Waals surface area contributed by atoms with E-state index in [4.69, 9.17) is 4.74 Å². The average Bonchev–Trinajstić information content (AvgIpc) is 2.62. The SMILES string of the molecule is Cc1ccc(S(=O)(=O)NCCNC(=O)COc2c(C)ccc(C)c2C)cc1. The maximum absolute atomic E-state index is 12.2. The Morgan fingerprint density at radius 3 is 2.22 bits per heavy atom. The molecule has 6 nitrogen and oxygen atoms in total. The Balaban J connectivity index is 1.78. The maximum atomic E-state index is 12.2. The van der Waals surface area contributed by atoms with Crippen molar-refractivity contribution in [1.82, 2.24) is 10.0 Å². The summed E-state index contributed by atoms with van der Waals surface area (Å²) in [5.41, 5.74) is 4.06. The number of sulfonamides is 1. The number of hydrogen-bond donors (Lipinski definition) is 2. The molecule has 0 atom stereocenters. The van der Waals surface area contributed by atoms with Gasteiger partial charge in [0.05, 0.1) is 4.90 Å². The van der Waals surface area contributed by atoms with Crippen molar-refractivity contribution in [2.75, 3.05) is 19.7 Å². The molecule has 2 N–H and O–H groups in total. The minimum atomic E-state index is -3.58. The highest BCUT2D eigenvalue weighted by molar-refractivity contribution is 7.89. The summed E-state index contributed by atoms with van der Waals surface area (Å²) in [4.78, 5) is 12.1. The second-order valence-corrected chi connectivity index (χ2v) is 8.27. The Hall–Kier alpha value is -2.38. The van der Waals surface area contributed by atoms with Crippen molar-refractivity contribution in [2.45, 2.75) is 32.6 Å². The van der Waals surface area contributed by atoms with Gasteiger partial charge in [0.2, 0.25) is 10.0 Å². The molecule has 2 aromatic carbocycles. The highest BCUT2D eigenvalue weighted by Crippen LogP contribution is 2.25. The zero-order valence-corrected chi connectivity index (χ0v) is 16.9. The minimum absolute atomic E-state index is 0.102. The molecule has 0 aliphatic carbocycles. The second-order valence-electron chi connectivity index (χ2n) is 6.50. The third kappa shape index (κ3) is 5.80. The first-order valence-electron chi connectivity index (χ1n) is 8.73. The van der Waals surface area contributed by atoms with Gasteiger partial charge in [-0.25, -0.2) is 13.1 Å². The second kappa shape index (κ2) is 9.01. The lowest BCUT2D eigenvalue weighted by Crippen LogP contribution is -2.36. The highest BCUT2D eigenvalue weighted by Gasteiger charge is 2.13. The standard InChI is InChI=1S/C20H26N2O4S/c1-14-5-9-18(10-6-14)27(24,25)22-12-11-21-19(23)13-26-20-16(3)8-7-15(2)17(20)4/h5-10,22H,11-13H2,1-4H3,(H,21,23). The van der Waals surface area contributed by atoms with Crippen LogP contribution in [-0.4, -0.2) is 34.0 Å². The van der Waals surface area contributed by atoms with Crippen LogP contribution in [0.4, 0.5) is 0 Å². The molecule has 0 spiro atoms. The summed E-state index contributed by atoms with van der Waals surface area (Å²) in [6.45, 7) is 7.93. The molecular formula is C20H26N2O4S. The van der Waals surface area contributed by atoms with Crippen LogP contribution in [0.1, 0.15) is 22.3 Å². The summed E-state index contributed by atoms with van der Waals surface area (Å²) in [6, 6.07) is 10.5. The van der Waals surface area contributed by atoms with Gasteiger partial charge in [0.1, 0.15) is 5.75 Å². The summed E-state index contributed by atoms with van der Waals surface area (Å²) < 4.78 is 32.4. The van der Waals surface area contributed by atoms with Crippen molar-refractivity contribution in [2.24, 2.45) is 0 Å². The smallest absolute Gasteiger partial charge is 0.257 e. The van der Waals surface area contributed by atoms with E-state index >= 15 is 0 Å². The van der Waals surface area contributed by atoms with E-state index in [9.17, 15) is 13.2 Å². The van der Waals surface area contributed by atoms with E-state index in [0.29, 0.717) is 5.75 Å². The van der Waals surface area contributed by atoms with Gasteiger partial charge in [0.15, 0.2) is 6.61 Å². The molecule has 0 unspecified atom stereocenters. The van der Waals surface area contributed by atoms with Gasteiger partial charge in [-0.05, 0) is 56.5 Å². The largest absolute Gasteiger partial charge is 0.483 e. The van der Waals surface area contributed by atoms with Gasteiger partial charge in [0.25, 0.3) is 5.91 Å². The Labute approximate surface area is 161 Å². The van der Waals surface area contributed by atoms with Crippen LogP contribution in [0.5, 0.6) is 5.75 Å². The first-order chi connectivity index (χ1) is 12.7. The molecule has 146 valence electrons. The molecule has 7 heteroatoms. The Morgan fingerprint density at radius 2 is 1.56 bits per heavy atom. The quantitative estimate of drug-likeness (QED) is 0.678. The first-order valence-corrected chi connectivity index (χ1v) is 10.2. The fraction of sp³-hybridized carbons (Fsp3) is 0.350. The third-order valence-corrected chi connectivity index (χ3v) is 5.77. The molecule has 0 aliphatic heterocycles. The number of amides is 1. The molecule has 0 fully saturated rings.